The summed E-state index contributed by atoms with van der Waals surface area (Å²) < 4.78 is 97.5. The first-order valence-corrected chi connectivity index (χ1v) is 42.3. The molecule has 130 heavy (non-hydrogen) atoms. The normalized spacial score (nSPS) is 52.9. The lowest BCUT2D eigenvalue weighted by molar-refractivity contribution is -0.391. The minimum atomic E-state index is -2.23. The Labute approximate surface area is 737 Å². The minimum Gasteiger partial charge on any atom is -0.394 e. The van der Waals surface area contributed by atoms with E-state index in [1.54, 1.807) is 0 Å². The first-order chi connectivity index (χ1) is 61.6. The van der Waals surface area contributed by atoms with Crippen LogP contribution in [0.3, 0.4) is 0 Å². The highest BCUT2D eigenvalue weighted by atomic mass is 16.8. The van der Waals surface area contributed by atoms with Crippen molar-refractivity contribution in [2.75, 3.05) is 59.5 Å². The van der Waals surface area contributed by atoms with E-state index >= 15 is 0 Å². The molecular weight excluding hydrogens is 1770 g/mol. The average Bonchev–Trinajstić information content (AvgIpc) is 0.767. The molecule has 0 aromatic carbocycles. The smallest absolute Gasteiger partial charge is 0.187 e. The fourth-order valence-electron chi connectivity index (χ4n) is 18.2. The molecule has 55 nitrogen and oxygen atoms in total. The molecule has 3 aliphatic carbocycles. The molecule has 9 aliphatic heterocycles. The molecule has 9 saturated heterocycles. The monoisotopic (exact) mass is 1900 g/mol. The van der Waals surface area contributed by atoms with Crippen LogP contribution in [0, 0.1) is 0 Å². The van der Waals surface area contributed by atoms with Crippen molar-refractivity contribution in [3.8, 4) is 0 Å². The van der Waals surface area contributed by atoms with Crippen LogP contribution >= 0.6 is 0 Å². The van der Waals surface area contributed by atoms with Crippen LogP contribution in [0.25, 0.3) is 0 Å². The quantitative estimate of drug-likeness (QED) is 0.0287. The first-order valence-electron chi connectivity index (χ1n) is 42.3. The van der Waals surface area contributed by atoms with E-state index in [0.717, 1.165) is 12.2 Å². The molecule has 12 aliphatic rings. The third-order valence-electron chi connectivity index (χ3n) is 25.9. The average molecular weight is 1900 g/mol. The first kappa shape index (κ1) is 106. The second kappa shape index (κ2) is 45.1. The Kier molecular flexibility index (Phi) is 36.7. The molecular formula is C75H125N3O52. The molecule has 0 amide bonds. The summed E-state index contributed by atoms with van der Waals surface area (Å²) in [5.74, 6) is 0. The standard InChI is InChI=1S/C75H125N3O52/c1-16-31(76-22-4-19(7-79)34(88)41(95)35(22)89)38(92)51(105)68(114-16)125-62-26(11-83)118-71(54(108)45(62)99)123-59-20(8-80)5-23(36(90)42(59)96)77-32-17(2)115-69(52(106)39(32)93)126-63-27(12-84)119-72(55(109)46(63)100)124-60-21(9-81)6-24(37(91)43(60)97)78-33-18(3)116-70(53(107)40(33)94)127-64-28(13-85)120-74(56(110)47(64)101)129-66-30(15-87)122-75(58(112)49(66)103)130-65-29(14-86)121-73(57(111)48(65)102)128-61-25(10-82)117-67(113)50(104)44(61)98/h4-6,16-18,22-113H,7-15H2,1-3H3/t16-,17-,18-,22+,23+,24+,25-,26-,27-,28-,29-,30-,31-,32-,33-,34-,35+,36+,37+,38+,39+,40+,41+,42-,43-,44-,45-,46-,47-,48-,49-,50-,51-,52-,53-,54-,55-,56-,57-,58-,59-,60-,61-,62-,63-,64-,65-,66-,67+,68-,69-,70-,71-,72-,73-,74-,75-/m1/s1. The zero-order chi connectivity index (χ0) is 95.3. The van der Waals surface area contributed by atoms with Crippen LogP contribution in [0.2, 0.25) is 0 Å². The predicted octanol–water partition coefficient (Wildman–Crippen LogP) is -23.6. The number of hydrogen-bond acceptors (Lipinski definition) is 55. The number of aliphatic hydroxyl groups is 35. The predicted molar refractivity (Wildman–Crippen MR) is 407 cm³/mol. The topological polar surface area (TPSA) is 901 Å². The van der Waals surface area contributed by atoms with Crippen molar-refractivity contribution in [2.24, 2.45) is 0 Å². The van der Waals surface area contributed by atoms with Crippen molar-refractivity contribution in [3.63, 3.8) is 0 Å². The van der Waals surface area contributed by atoms with Gasteiger partial charge in [0.15, 0.2) is 56.6 Å². The van der Waals surface area contributed by atoms with Gasteiger partial charge in [0.05, 0.1) is 114 Å². The third-order valence-corrected chi connectivity index (χ3v) is 25.9. The summed E-state index contributed by atoms with van der Waals surface area (Å²) in [6, 6.07) is -8.16. The molecule has 55 heteroatoms. The highest BCUT2D eigenvalue weighted by molar-refractivity contribution is 5.26. The van der Waals surface area contributed by atoms with Crippen molar-refractivity contribution in [1.29, 1.82) is 0 Å². The summed E-state index contributed by atoms with van der Waals surface area (Å²) in [5.41, 5.74) is -0.496. The number of hydrogen-bond donors (Lipinski definition) is 38. The Morgan fingerprint density at radius 3 is 0.677 bits per heavy atom. The molecule has 0 aromatic heterocycles. The van der Waals surface area contributed by atoms with Gasteiger partial charge in [-0.15, -0.1) is 0 Å². The maximum absolute atomic E-state index is 11.7. The highest BCUT2D eigenvalue weighted by Gasteiger charge is 2.61. The Balaban J connectivity index is 0.604. The fraction of sp³-hybridized carbons (Fsp3) is 0.920. The lowest BCUT2D eigenvalue weighted by atomic mass is 9.86. The van der Waals surface area contributed by atoms with Gasteiger partial charge in [0, 0.05) is 0 Å². The Morgan fingerprint density at radius 2 is 0.431 bits per heavy atom. The van der Waals surface area contributed by atoms with E-state index in [4.69, 9.17) is 80.5 Å². The van der Waals surface area contributed by atoms with Crippen LogP contribution in [-0.4, -0.2) is 587 Å². The summed E-state index contributed by atoms with van der Waals surface area (Å²) in [6.07, 6.45) is -93.1. The van der Waals surface area contributed by atoms with Gasteiger partial charge in [-0.1, -0.05) is 18.2 Å². The van der Waals surface area contributed by atoms with Crippen molar-refractivity contribution in [3.05, 3.63) is 34.9 Å². The van der Waals surface area contributed by atoms with Crippen LogP contribution in [0.15, 0.2) is 34.9 Å². The SMILES string of the molecule is C[C@H]1O[C@H](O[C@H]2[C@H](O)[C@@H](O)[C@@H](O[C@H]3[C@H](O)[C@@H](O)[C@@H](O[C@H]4[C@H](O)[C@@H](O)[C@@H](O[C@H]5[C@H](O)[C@@H](O)[C@@H](O)O[C@@H]5CO)O[C@@H]4CO)O[C@@H]3CO)O[C@@H]2CO)[C@H](O)[C@@H](O)[C@@H]1N[C@H]1C=C(CO)[C@@H](O[C@H]2O[C@H](CO)[C@@H](O[C@H]3O[C@H](C)[C@@H](N[C@H]4C=C(CO)[C@@H](O[C@H]5O[C@H](CO)[C@@H](O[C@H]6O[C@H](C)[C@@H](N[C@H]7C=C(CO)[C@@H](O)[C@H](O)[C@H]7O)[C@H](O)[C@H]6O)[C@H](O)[C@H]5O)[C@H](O)[C@H]4O)[C@H](O)[C@H]3O)[C@H](O)[C@H]2O)[C@H](O)[C@H]1O. The van der Waals surface area contributed by atoms with Crippen LogP contribution in [0.5, 0.6) is 0 Å². The molecule has 38 N–H and O–H groups in total. The van der Waals surface area contributed by atoms with Crippen LogP contribution in [-0.2, 0) is 80.5 Å². The van der Waals surface area contributed by atoms with E-state index in [-0.39, 0.29) is 16.7 Å². The van der Waals surface area contributed by atoms with Gasteiger partial charge in [-0.3, -0.25) is 0 Å². The zero-order valence-corrected chi connectivity index (χ0v) is 69.6. The van der Waals surface area contributed by atoms with Gasteiger partial charge in [0.25, 0.3) is 0 Å². The Bertz CT molecular complexity index is 3610. The summed E-state index contributed by atoms with van der Waals surface area (Å²) in [5, 5.41) is 392. The lowest BCUT2D eigenvalue weighted by Gasteiger charge is -2.50. The maximum Gasteiger partial charge on any atom is 0.187 e. The molecule has 752 valence electrons. The van der Waals surface area contributed by atoms with Gasteiger partial charge < -0.3 is 275 Å². The van der Waals surface area contributed by atoms with Gasteiger partial charge in [-0.2, -0.15) is 0 Å². The molecule has 0 saturated carbocycles. The van der Waals surface area contributed by atoms with Crippen LogP contribution in [0.1, 0.15) is 20.8 Å². The van der Waals surface area contributed by atoms with E-state index in [2.05, 4.69) is 16.0 Å². The Morgan fingerprint density at radius 1 is 0.223 bits per heavy atom. The summed E-state index contributed by atoms with van der Waals surface area (Å²) in [4.78, 5) is 0. The lowest BCUT2D eigenvalue weighted by Crippen LogP contribution is -2.69. The maximum atomic E-state index is 11.7. The molecule has 0 spiro atoms. The summed E-state index contributed by atoms with van der Waals surface area (Å²) in [6.45, 7) is -4.58. The molecule has 9 heterocycles. The van der Waals surface area contributed by atoms with Crippen molar-refractivity contribution in [2.45, 2.75) is 370 Å². The third kappa shape index (κ3) is 21.5. The van der Waals surface area contributed by atoms with Gasteiger partial charge >= 0.3 is 0 Å². The summed E-state index contributed by atoms with van der Waals surface area (Å²) >= 11 is 0. The largest absolute Gasteiger partial charge is 0.394 e. The highest BCUT2D eigenvalue weighted by Crippen LogP contribution is 2.41. The fourth-order valence-corrected chi connectivity index (χ4v) is 18.2. The van der Waals surface area contributed by atoms with Gasteiger partial charge in [-0.05, 0) is 37.5 Å². The number of aliphatic hydroxyl groups excluding tert-OH is 35. The molecule has 0 radical (unpaired) electrons. The van der Waals surface area contributed by atoms with Crippen LogP contribution in [0.4, 0.5) is 0 Å². The minimum absolute atomic E-state index is 0.0485. The van der Waals surface area contributed by atoms with E-state index in [9.17, 15) is 179 Å². The molecule has 57 atom stereocenters. The van der Waals surface area contributed by atoms with Crippen molar-refractivity contribution in [1.82, 2.24) is 16.0 Å². The van der Waals surface area contributed by atoms with E-state index in [1.807, 2.05) is 0 Å². The van der Waals surface area contributed by atoms with Gasteiger partial charge in [0.2, 0.25) is 0 Å². The summed E-state index contributed by atoms with van der Waals surface area (Å²) in [7, 11) is 0. The second-order valence-corrected chi connectivity index (χ2v) is 34.3. The number of nitrogens with one attached hydrogen (secondary N) is 3. The number of rotatable bonds is 31. The molecule has 0 aromatic rings. The van der Waals surface area contributed by atoms with Gasteiger partial charge in [0.1, 0.15) is 238 Å². The molecule has 9 fully saturated rings. The van der Waals surface area contributed by atoms with Crippen molar-refractivity contribution < 1.29 is 259 Å². The van der Waals surface area contributed by atoms with E-state index < -0.39 is 409 Å². The molecule has 0 bridgehead atoms. The second-order valence-electron chi connectivity index (χ2n) is 34.3. The Hall–Kier alpha value is -2.98. The van der Waals surface area contributed by atoms with E-state index in [0.29, 0.717) is 0 Å². The van der Waals surface area contributed by atoms with E-state index in [1.165, 1.54) is 26.8 Å². The molecule has 12 rings (SSSR count). The van der Waals surface area contributed by atoms with Crippen molar-refractivity contribution >= 4 is 0 Å². The zero-order valence-electron chi connectivity index (χ0n) is 69.6. The van der Waals surface area contributed by atoms with Crippen LogP contribution < -0.4 is 16.0 Å². The number of ether oxygens (including phenoxy) is 17. The van der Waals surface area contributed by atoms with Gasteiger partial charge in [-0.25, -0.2) is 0 Å². The molecule has 0 unspecified atom stereocenters.